The Bertz CT molecular complexity index is 159. The van der Waals surface area contributed by atoms with Gasteiger partial charge in [-0.05, 0) is 32.9 Å². The fourth-order valence-corrected chi connectivity index (χ4v) is 3.58. The van der Waals surface area contributed by atoms with E-state index in [1.54, 1.807) is 0 Å². The molecule has 1 heterocycles. The highest BCUT2D eigenvalue weighted by Gasteiger charge is 2.14. The average molecular weight is 247 g/mol. The van der Waals surface area contributed by atoms with Crippen LogP contribution in [0.25, 0.3) is 0 Å². The summed E-state index contributed by atoms with van der Waals surface area (Å²) in [5.41, 5.74) is 0. The highest BCUT2D eigenvalue weighted by atomic mass is 28.3. The highest BCUT2D eigenvalue weighted by molar-refractivity contribution is 6.44. The molecule has 0 aromatic heterocycles. The van der Waals surface area contributed by atoms with Gasteiger partial charge in [0, 0.05) is 26.3 Å². The van der Waals surface area contributed by atoms with E-state index in [9.17, 15) is 0 Å². The van der Waals surface area contributed by atoms with Gasteiger partial charge in [-0.3, -0.25) is 4.90 Å². The first-order chi connectivity index (χ1) is 7.86. The van der Waals surface area contributed by atoms with Crippen LogP contribution in [0.1, 0.15) is 20.3 Å². The Balaban J connectivity index is 2.06. The Labute approximate surface area is 101 Å². The predicted molar refractivity (Wildman–Crippen MR) is 67.1 cm³/mol. The van der Waals surface area contributed by atoms with Crippen molar-refractivity contribution in [3.8, 4) is 0 Å². The monoisotopic (exact) mass is 247 g/mol. The molecule has 4 nitrogen and oxygen atoms in total. The number of hydrogen-bond acceptors (Lipinski definition) is 4. The predicted octanol–water partition coefficient (Wildman–Crippen LogP) is 1.00. The molecule has 0 aliphatic carbocycles. The zero-order valence-corrected chi connectivity index (χ0v) is 11.8. The highest BCUT2D eigenvalue weighted by Crippen LogP contribution is 2.05. The number of hydrogen-bond donors (Lipinski definition) is 0. The zero-order chi connectivity index (χ0) is 11.6. The quantitative estimate of drug-likeness (QED) is 0.599. The van der Waals surface area contributed by atoms with Crippen LogP contribution < -0.4 is 0 Å². The second-order valence-corrected chi connectivity index (χ2v) is 6.04. The molecule has 0 radical (unpaired) electrons. The van der Waals surface area contributed by atoms with Gasteiger partial charge >= 0.3 is 9.28 Å². The molecule has 1 aliphatic rings. The number of rotatable bonds is 8. The van der Waals surface area contributed by atoms with E-state index in [0.29, 0.717) is 0 Å². The van der Waals surface area contributed by atoms with Crippen LogP contribution in [-0.4, -0.2) is 60.2 Å². The van der Waals surface area contributed by atoms with Gasteiger partial charge in [-0.25, -0.2) is 0 Å². The second kappa shape index (κ2) is 9.12. The van der Waals surface area contributed by atoms with Gasteiger partial charge < -0.3 is 13.6 Å². The Morgan fingerprint density at radius 2 is 1.75 bits per heavy atom. The first-order valence-electron chi connectivity index (χ1n) is 6.40. The second-order valence-electron chi connectivity index (χ2n) is 3.94. The molecule has 0 aromatic carbocycles. The summed E-state index contributed by atoms with van der Waals surface area (Å²) in [6.07, 6.45) is 1.19. The summed E-state index contributed by atoms with van der Waals surface area (Å²) in [5.74, 6) is 0. The molecule has 1 saturated heterocycles. The normalized spacial score (nSPS) is 18.2. The van der Waals surface area contributed by atoms with Crippen molar-refractivity contribution in [3.05, 3.63) is 0 Å². The van der Waals surface area contributed by atoms with Gasteiger partial charge in [-0.2, -0.15) is 0 Å². The van der Waals surface area contributed by atoms with Crippen molar-refractivity contribution in [1.82, 2.24) is 4.90 Å². The topological polar surface area (TPSA) is 30.9 Å². The molecule has 16 heavy (non-hydrogen) atoms. The summed E-state index contributed by atoms with van der Waals surface area (Å²) in [7, 11) is -1.36. The summed E-state index contributed by atoms with van der Waals surface area (Å²) >= 11 is 0. The molecule has 5 heteroatoms. The number of nitrogens with zero attached hydrogens (tertiary/aromatic N) is 1. The lowest BCUT2D eigenvalue weighted by atomic mass is 10.3. The summed E-state index contributed by atoms with van der Waals surface area (Å²) in [5, 5.41) is 0. The molecule has 1 rings (SSSR count). The molecule has 0 saturated carbocycles. The molecule has 0 atom stereocenters. The summed E-state index contributed by atoms with van der Waals surface area (Å²) < 4.78 is 16.6. The lowest BCUT2D eigenvalue weighted by Crippen LogP contribution is -2.37. The van der Waals surface area contributed by atoms with E-state index < -0.39 is 9.28 Å². The number of ether oxygens (including phenoxy) is 1. The van der Waals surface area contributed by atoms with Crippen LogP contribution in [-0.2, 0) is 13.6 Å². The SMILES string of the molecule is CCO[SiH](CCCN1CCOCC1)OCC. The van der Waals surface area contributed by atoms with Crippen LogP contribution in [0.4, 0.5) is 0 Å². The lowest BCUT2D eigenvalue weighted by molar-refractivity contribution is 0.0377. The average Bonchev–Trinajstić information content (AvgIpc) is 2.31. The van der Waals surface area contributed by atoms with Crippen molar-refractivity contribution in [3.63, 3.8) is 0 Å². The smallest absolute Gasteiger partial charge is 0.321 e. The van der Waals surface area contributed by atoms with Crippen molar-refractivity contribution in [2.24, 2.45) is 0 Å². The third-order valence-electron chi connectivity index (χ3n) is 2.72. The molecule has 0 aromatic rings. The maximum Gasteiger partial charge on any atom is 0.321 e. The molecule has 0 N–H and O–H groups in total. The van der Waals surface area contributed by atoms with Crippen LogP contribution in [0.3, 0.4) is 0 Å². The summed E-state index contributed by atoms with van der Waals surface area (Å²) in [6, 6.07) is 1.12. The first-order valence-corrected chi connectivity index (χ1v) is 8.16. The van der Waals surface area contributed by atoms with Gasteiger partial charge in [0.15, 0.2) is 0 Å². The van der Waals surface area contributed by atoms with Gasteiger partial charge in [0.25, 0.3) is 0 Å². The molecule has 1 aliphatic heterocycles. The molecule has 0 amide bonds. The van der Waals surface area contributed by atoms with E-state index >= 15 is 0 Å². The van der Waals surface area contributed by atoms with Crippen LogP contribution in [0.5, 0.6) is 0 Å². The van der Waals surface area contributed by atoms with E-state index in [1.165, 1.54) is 6.42 Å². The van der Waals surface area contributed by atoms with Crippen molar-refractivity contribution in [2.45, 2.75) is 26.3 Å². The number of morpholine rings is 1. The Morgan fingerprint density at radius 1 is 1.12 bits per heavy atom. The molecule has 0 bridgehead atoms. The van der Waals surface area contributed by atoms with Crippen LogP contribution in [0.15, 0.2) is 0 Å². The Kier molecular flexibility index (Phi) is 8.05. The van der Waals surface area contributed by atoms with E-state index in [1.807, 2.05) is 13.8 Å². The van der Waals surface area contributed by atoms with E-state index in [-0.39, 0.29) is 0 Å². The van der Waals surface area contributed by atoms with Gasteiger partial charge in [-0.1, -0.05) is 0 Å². The summed E-state index contributed by atoms with van der Waals surface area (Å²) in [4.78, 5) is 2.47. The Hall–Kier alpha value is 0.0569. The molecule has 0 spiro atoms. The van der Waals surface area contributed by atoms with Gasteiger partial charge in [0.1, 0.15) is 0 Å². The molecular formula is C11H25NO3Si. The Morgan fingerprint density at radius 3 is 2.31 bits per heavy atom. The maximum absolute atomic E-state index is 5.65. The van der Waals surface area contributed by atoms with Crippen LogP contribution >= 0.6 is 0 Å². The fraction of sp³-hybridized carbons (Fsp3) is 1.00. The van der Waals surface area contributed by atoms with Gasteiger partial charge in [-0.15, -0.1) is 0 Å². The van der Waals surface area contributed by atoms with E-state index in [2.05, 4.69) is 4.90 Å². The fourth-order valence-electron chi connectivity index (χ4n) is 1.89. The minimum absolute atomic E-state index is 0.786. The van der Waals surface area contributed by atoms with Gasteiger partial charge in [0.05, 0.1) is 13.2 Å². The van der Waals surface area contributed by atoms with Crippen LogP contribution in [0.2, 0.25) is 6.04 Å². The molecule has 96 valence electrons. The van der Waals surface area contributed by atoms with Crippen LogP contribution in [0, 0.1) is 0 Å². The molecule has 0 unspecified atom stereocenters. The third-order valence-corrected chi connectivity index (χ3v) is 5.01. The minimum atomic E-state index is -1.36. The van der Waals surface area contributed by atoms with Crippen molar-refractivity contribution >= 4 is 9.28 Å². The molecule has 1 fully saturated rings. The van der Waals surface area contributed by atoms with Crippen molar-refractivity contribution in [1.29, 1.82) is 0 Å². The van der Waals surface area contributed by atoms with Gasteiger partial charge in [0.2, 0.25) is 0 Å². The van der Waals surface area contributed by atoms with E-state index in [4.69, 9.17) is 13.6 Å². The lowest BCUT2D eigenvalue weighted by Gasteiger charge is -2.26. The third kappa shape index (κ3) is 5.96. The summed E-state index contributed by atoms with van der Waals surface area (Å²) in [6.45, 7) is 10.7. The van der Waals surface area contributed by atoms with Crippen molar-refractivity contribution in [2.75, 3.05) is 46.1 Å². The zero-order valence-electron chi connectivity index (χ0n) is 10.6. The first kappa shape index (κ1) is 14.1. The van der Waals surface area contributed by atoms with Crippen molar-refractivity contribution < 1.29 is 13.6 Å². The largest absolute Gasteiger partial charge is 0.397 e. The standard InChI is InChI=1S/C11H25NO3Si/c1-3-14-16(15-4-2)11-5-6-12-7-9-13-10-8-12/h16H,3-11H2,1-2H3. The molecular weight excluding hydrogens is 222 g/mol. The minimum Gasteiger partial charge on any atom is -0.397 e. The maximum atomic E-state index is 5.65. The van der Waals surface area contributed by atoms with E-state index in [0.717, 1.165) is 52.1 Å².